The van der Waals surface area contributed by atoms with Gasteiger partial charge in [0.1, 0.15) is 0 Å². The largest absolute Gasteiger partial charge is 0.351 e. The summed E-state index contributed by atoms with van der Waals surface area (Å²) in [6.07, 6.45) is 0. The Kier molecular flexibility index (Phi) is 6.71. The van der Waals surface area contributed by atoms with Crippen LogP contribution >= 0.6 is 0 Å². The predicted octanol–water partition coefficient (Wildman–Crippen LogP) is 1.68. The summed E-state index contributed by atoms with van der Waals surface area (Å²) < 4.78 is 0. The molecule has 2 aromatic rings. The summed E-state index contributed by atoms with van der Waals surface area (Å²) in [6, 6.07) is 15.3. The van der Waals surface area contributed by atoms with Gasteiger partial charge in [-0.1, -0.05) is 42.5 Å². The molecular formula is C20H26N3O2+. The van der Waals surface area contributed by atoms with Gasteiger partial charge in [0.2, 0.25) is 5.91 Å². The molecule has 0 bridgehead atoms. The average Bonchev–Trinajstić information content (AvgIpc) is 2.58. The van der Waals surface area contributed by atoms with Crippen molar-refractivity contribution in [3.05, 3.63) is 65.2 Å². The number of aryl methyl sites for hydroxylation is 2. The van der Waals surface area contributed by atoms with Crippen LogP contribution in [-0.4, -0.2) is 24.9 Å². The molecule has 0 fully saturated rings. The van der Waals surface area contributed by atoms with Crippen LogP contribution in [0.3, 0.4) is 0 Å². The van der Waals surface area contributed by atoms with E-state index in [0.717, 1.165) is 22.4 Å². The van der Waals surface area contributed by atoms with Crippen molar-refractivity contribution in [2.75, 3.05) is 18.4 Å². The number of nitrogens with two attached hydrogens (primary N) is 1. The van der Waals surface area contributed by atoms with Crippen molar-refractivity contribution in [3.63, 3.8) is 0 Å². The number of benzene rings is 2. The second-order valence-electron chi connectivity index (χ2n) is 6.20. The predicted molar refractivity (Wildman–Crippen MR) is 99.2 cm³/mol. The summed E-state index contributed by atoms with van der Waals surface area (Å²) in [4.78, 5) is 23.9. The molecule has 0 radical (unpaired) electrons. The van der Waals surface area contributed by atoms with Crippen LogP contribution in [0.1, 0.15) is 29.7 Å². The molecule has 0 aromatic heterocycles. The van der Waals surface area contributed by atoms with Gasteiger partial charge in [0.25, 0.3) is 5.91 Å². The smallest absolute Gasteiger partial charge is 0.287 e. The highest BCUT2D eigenvalue weighted by atomic mass is 16.2. The first-order chi connectivity index (χ1) is 12.0. The molecule has 0 saturated carbocycles. The number of carbonyl (C=O) groups excluding carboxylic acids is 2. The minimum atomic E-state index is -0.366. The first kappa shape index (κ1) is 18.7. The number of hydrogen-bond acceptors (Lipinski definition) is 2. The number of anilines is 1. The fourth-order valence-electron chi connectivity index (χ4n) is 2.63. The van der Waals surface area contributed by atoms with Crippen molar-refractivity contribution >= 4 is 17.5 Å². The van der Waals surface area contributed by atoms with E-state index in [4.69, 9.17) is 0 Å². The van der Waals surface area contributed by atoms with Crippen molar-refractivity contribution < 1.29 is 14.9 Å². The van der Waals surface area contributed by atoms with Gasteiger partial charge in [0.05, 0.1) is 13.1 Å². The zero-order chi connectivity index (χ0) is 18.2. The number of nitrogens with one attached hydrogen (secondary N) is 2. The first-order valence-corrected chi connectivity index (χ1v) is 8.48. The third kappa shape index (κ3) is 5.72. The molecule has 0 unspecified atom stereocenters. The Hall–Kier alpha value is -2.66. The standard InChI is InChI=1S/C20H25N3O2/c1-14-9-10-15(2)18(13-14)23-20(25)19(17-7-5-4-6-8-17)22-12-11-21-16(3)24/h4-10,13,19,22H,11-12H2,1-3H3,(H,21,24)(H,23,25)/p+1/t19-/m0/s1. The summed E-state index contributed by atoms with van der Waals surface area (Å²) in [5.41, 5.74) is 3.91. The van der Waals surface area contributed by atoms with E-state index in [9.17, 15) is 9.59 Å². The lowest BCUT2D eigenvalue weighted by Gasteiger charge is -2.17. The Balaban J connectivity index is 2.12. The van der Waals surface area contributed by atoms with Gasteiger partial charge in [-0.2, -0.15) is 0 Å². The van der Waals surface area contributed by atoms with Gasteiger partial charge in [-0.05, 0) is 31.0 Å². The van der Waals surface area contributed by atoms with E-state index in [-0.39, 0.29) is 17.9 Å². The maximum Gasteiger partial charge on any atom is 0.287 e. The summed E-state index contributed by atoms with van der Waals surface area (Å²) in [5, 5.41) is 7.75. The summed E-state index contributed by atoms with van der Waals surface area (Å²) >= 11 is 0. The maximum atomic E-state index is 12.9. The van der Waals surface area contributed by atoms with Gasteiger partial charge < -0.3 is 16.0 Å². The van der Waals surface area contributed by atoms with Crippen LogP contribution in [0.25, 0.3) is 0 Å². The molecule has 0 aliphatic heterocycles. The van der Waals surface area contributed by atoms with Crippen LogP contribution < -0.4 is 16.0 Å². The van der Waals surface area contributed by atoms with Crippen LogP contribution in [-0.2, 0) is 9.59 Å². The van der Waals surface area contributed by atoms with E-state index in [0.29, 0.717) is 13.1 Å². The molecule has 5 heteroatoms. The highest BCUT2D eigenvalue weighted by Gasteiger charge is 2.24. The number of rotatable bonds is 7. The molecule has 0 heterocycles. The minimum absolute atomic E-state index is 0.0653. The lowest BCUT2D eigenvalue weighted by atomic mass is 10.1. The Labute approximate surface area is 148 Å². The third-order valence-corrected chi connectivity index (χ3v) is 4.01. The van der Waals surface area contributed by atoms with Crippen molar-refractivity contribution in [2.24, 2.45) is 0 Å². The molecule has 0 saturated heterocycles. The zero-order valence-corrected chi connectivity index (χ0v) is 15.0. The Morgan fingerprint density at radius 3 is 2.48 bits per heavy atom. The molecule has 1 atom stereocenters. The van der Waals surface area contributed by atoms with E-state index in [2.05, 4.69) is 10.6 Å². The molecule has 0 spiro atoms. The van der Waals surface area contributed by atoms with Crippen molar-refractivity contribution in [1.29, 1.82) is 0 Å². The molecule has 0 aliphatic carbocycles. The van der Waals surface area contributed by atoms with Crippen molar-refractivity contribution in [2.45, 2.75) is 26.8 Å². The molecule has 5 nitrogen and oxygen atoms in total. The third-order valence-electron chi connectivity index (χ3n) is 4.01. The number of amides is 2. The number of carbonyl (C=O) groups is 2. The van der Waals surface area contributed by atoms with Crippen molar-refractivity contribution in [1.82, 2.24) is 5.32 Å². The quantitative estimate of drug-likeness (QED) is 0.671. The van der Waals surface area contributed by atoms with Gasteiger partial charge in [-0.15, -0.1) is 0 Å². The molecule has 25 heavy (non-hydrogen) atoms. The second-order valence-corrected chi connectivity index (χ2v) is 6.20. The first-order valence-electron chi connectivity index (χ1n) is 8.48. The van der Waals surface area contributed by atoms with Crippen LogP contribution in [0, 0.1) is 13.8 Å². The lowest BCUT2D eigenvalue weighted by Crippen LogP contribution is -2.88. The van der Waals surface area contributed by atoms with E-state index in [1.165, 1.54) is 6.92 Å². The van der Waals surface area contributed by atoms with Crippen LogP contribution in [0.4, 0.5) is 5.69 Å². The molecule has 2 aromatic carbocycles. The molecular weight excluding hydrogens is 314 g/mol. The van der Waals surface area contributed by atoms with Gasteiger partial charge in [0, 0.05) is 18.2 Å². The Morgan fingerprint density at radius 2 is 1.80 bits per heavy atom. The topological polar surface area (TPSA) is 74.8 Å². The summed E-state index contributed by atoms with van der Waals surface area (Å²) in [5.74, 6) is -0.132. The molecule has 0 aliphatic rings. The highest BCUT2D eigenvalue weighted by molar-refractivity contribution is 5.95. The van der Waals surface area contributed by atoms with E-state index >= 15 is 0 Å². The van der Waals surface area contributed by atoms with Gasteiger partial charge in [-0.25, -0.2) is 0 Å². The van der Waals surface area contributed by atoms with Gasteiger partial charge >= 0.3 is 0 Å². The number of quaternary nitrogens is 1. The van der Waals surface area contributed by atoms with E-state index in [1.54, 1.807) is 0 Å². The van der Waals surface area contributed by atoms with Crippen LogP contribution in [0.2, 0.25) is 0 Å². The normalized spacial score (nSPS) is 11.6. The monoisotopic (exact) mass is 340 g/mol. The molecule has 2 rings (SSSR count). The second kappa shape index (κ2) is 8.99. The highest BCUT2D eigenvalue weighted by Crippen LogP contribution is 2.18. The summed E-state index contributed by atoms with van der Waals surface area (Å²) in [6.45, 7) is 6.62. The SMILES string of the molecule is CC(=O)NCC[NH2+][C@H](C(=O)Nc1cc(C)ccc1C)c1ccccc1. The molecule has 4 N–H and O–H groups in total. The zero-order valence-electron chi connectivity index (χ0n) is 15.0. The molecule has 132 valence electrons. The Bertz CT molecular complexity index is 729. The molecule has 2 amide bonds. The Morgan fingerprint density at radius 1 is 1.08 bits per heavy atom. The van der Waals surface area contributed by atoms with Crippen molar-refractivity contribution in [3.8, 4) is 0 Å². The van der Waals surface area contributed by atoms with E-state index < -0.39 is 0 Å². The van der Waals surface area contributed by atoms with Gasteiger partial charge in [-0.3, -0.25) is 9.59 Å². The number of hydrogen-bond donors (Lipinski definition) is 3. The van der Waals surface area contributed by atoms with Crippen LogP contribution in [0.5, 0.6) is 0 Å². The fraction of sp³-hybridized carbons (Fsp3) is 0.300. The average molecular weight is 340 g/mol. The minimum Gasteiger partial charge on any atom is -0.351 e. The maximum absolute atomic E-state index is 12.9. The fourth-order valence-corrected chi connectivity index (χ4v) is 2.63. The van der Waals surface area contributed by atoms with Gasteiger partial charge in [0.15, 0.2) is 6.04 Å². The van der Waals surface area contributed by atoms with Crippen LogP contribution in [0.15, 0.2) is 48.5 Å². The lowest BCUT2D eigenvalue weighted by molar-refractivity contribution is -0.680. The van der Waals surface area contributed by atoms with E-state index in [1.807, 2.05) is 67.7 Å². The summed E-state index contributed by atoms with van der Waals surface area (Å²) in [7, 11) is 0.